The van der Waals surface area contributed by atoms with Crippen LogP contribution in [0.5, 0.6) is 0 Å². The van der Waals surface area contributed by atoms with Crippen molar-refractivity contribution in [3.63, 3.8) is 0 Å². The predicted octanol–water partition coefficient (Wildman–Crippen LogP) is 4.46. The van der Waals surface area contributed by atoms with Crippen molar-refractivity contribution in [2.45, 2.75) is 19.0 Å². The Morgan fingerprint density at radius 1 is 1.13 bits per heavy atom. The van der Waals surface area contributed by atoms with Crippen molar-refractivity contribution in [1.29, 1.82) is 0 Å². The SMILES string of the molecule is c1ccc2c(c1)CC1CSC(=Nc3csc4ncccc34)N1C2. The molecule has 4 heterocycles. The molecule has 0 aliphatic carbocycles. The van der Waals surface area contributed by atoms with E-state index in [0.29, 0.717) is 6.04 Å². The van der Waals surface area contributed by atoms with Gasteiger partial charge in [-0.15, -0.1) is 11.3 Å². The number of hydrogen-bond acceptors (Lipinski definition) is 4. The molecule has 1 fully saturated rings. The van der Waals surface area contributed by atoms with Crippen molar-refractivity contribution >= 4 is 44.2 Å². The monoisotopic (exact) mass is 337 g/mol. The van der Waals surface area contributed by atoms with E-state index in [-0.39, 0.29) is 0 Å². The van der Waals surface area contributed by atoms with Gasteiger partial charge in [0.15, 0.2) is 5.17 Å². The summed E-state index contributed by atoms with van der Waals surface area (Å²) < 4.78 is 0. The number of benzene rings is 1. The van der Waals surface area contributed by atoms with E-state index >= 15 is 0 Å². The highest BCUT2D eigenvalue weighted by Gasteiger charge is 2.34. The highest BCUT2D eigenvalue weighted by atomic mass is 32.2. The highest BCUT2D eigenvalue weighted by molar-refractivity contribution is 8.14. The minimum atomic E-state index is 0.580. The highest BCUT2D eigenvalue weighted by Crippen LogP contribution is 2.37. The number of thiophene rings is 1. The van der Waals surface area contributed by atoms with Gasteiger partial charge >= 0.3 is 0 Å². The fourth-order valence-electron chi connectivity index (χ4n) is 3.35. The molecule has 114 valence electrons. The third kappa shape index (κ3) is 2.26. The number of aliphatic imine (C=N–C) groups is 1. The summed E-state index contributed by atoms with van der Waals surface area (Å²) in [5, 5.41) is 4.44. The van der Waals surface area contributed by atoms with Crippen LogP contribution in [0.2, 0.25) is 0 Å². The first-order valence-corrected chi connectivity index (χ1v) is 9.62. The van der Waals surface area contributed by atoms with Gasteiger partial charge < -0.3 is 4.90 Å². The lowest BCUT2D eigenvalue weighted by molar-refractivity contribution is 0.320. The molecule has 3 nitrogen and oxygen atoms in total. The summed E-state index contributed by atoms with van der Waals surface area (Å²) in [7, 11) is 0. The molecule has 0 bridgehead atoms. The lowest BCUT2D eigenvalue weighted by Crippen LogP contribution is -2.38. The van der Waals surface area contributed by atoms with Gasteiger partial charge in [0.05, 0.1) is 5.69 Å². The molecule has 3 aromatic rings. The fourth-order valence-corrected chi connectivity index (χ4v) is 5.36. The van der Waals surface area contributed by atoms with Crippen molar-refractivity contribution in [2.75, 3.05) is 5.75 Å². The first kappa shape index (κ1) is 13.6. The van der Waals surface area contributed by atoms with Crippen LogP contribution < -0.4 is 0 Å². The number of fused-ring (bicyclic) bond motifs is 3. The molecule has 1 aromatic carbocycles. The van der Waals surface area contributed by atoms with Crippen LogP contribution in [-0.4, -0.2) is 26.8 Å². The molecule has 1 unspecified atom stereocenters. The first-order chi connectivity index (χ1) is 11.4. The van der Waals surface area contributed by atoms with E-state index < -0.39 is 0 Å². The van der Waals surface area contributed by atoms with Crippen molar-refractivity contribution < 1.29 is 0 Å². The van der Waals surface area contributed by atoms with Crippen LogP contribution in [0.3, 0.4) is 0 Å². The Morgan fingerprint density at radius 2 is 2.04 bits per heavy atom. The van der Waals surface area contributed by atoms with Crippen LogP contribution >= 0.6 is 23.1 Å². The summed E-state index contributed by atoms with van der Waals surface area (Å²) in [6.45, 7) is 0.979. The lowest BCUT2D eigenvalue weighted by atomic mass is 9.95. The molecular weight excluding hydrogens is 322 g/mol. The van der Waals surface area contributed by atoms with Gasteiger partial charge in [0.2, 0.25) is 0 Å². The van der Waals surface area contributed by atoms with Crippen LogP contribution in [0, 0.1) is 0 Å². The maximum Gasteiger partial charge on any atom is 0.165 e. The van der Waals surface area contributed by atoms with Gasteiger partial charge in [-0.05, 0) is 29.7 Å². The maximum atomic E-state index is 4.98. The Morgan fingerprint density at radius 3 is 3.00 bits per heavy atom. The summed E-state index contributed by atoms with van der Waals surface area (Å²) in [6, 6.07) is 13.5. The maximum absolute atomic E-state index is 4.98. The Kier molecular flexibility index (Phi) is 3.16. The van der Waals surface area contributed by atoms with E-state index in [9.17, 15) is 0 Å². The van der Waals surface area contributed by atoms with E-state index in [4.69, 9.17) is 4.99 Å². The van der Waals surface area contributed by atoms with Gasteiger partial charge in [0, 0.05) is 35.3 Å². The summed E-state index contributed by atoms with van der Waals surface area (Å²) in [4.78, 5) is 12.9. The van der Waals surface area contributed by atoms with E-state index in [1.807, 2.05) is 24.0 Å². The number of pyridine rings is 1. The quantitative estimate of drug-likeness (QED) is 0.656. The standard InChI is InChI=1S/C18H15N3S2/c1-2-5-13-9-21-14(8-12(13)4-1)10-23-18(21)20-16-11-22-17-15(16)6-3-7-19-17/h1-7,11,14H,8-10H2. The molecule has 5 rings (SSSR count). The number of thioether (sulfide) groups is 1. The van der Waals surface area contributed by atoms with Crippen LogP contribution in [-0.2, 0) is 13.0 Å². The number of amidine groups is 1. The van der Waals surface area contributed by atoms with Crippen LogP contribution in [0.1, 0.15) is 11.1 Å². The van der Waals surface area contributed by atoms with Gasteiger partial charge in [0.1, 0.15) is 4.83 Å². The summed E-state index contributed by atoms with van der Waals surface area (Å²) >= 11 is 3.55. The summed E-state index contributed by atoms with van der Waals surface area (Å²) in [6.07, 6.45) is 2.98. The predicted molar refractivity (Wildman–Crippen MR) is 98.7 cm³/mol. The van der Waals surface area contributed by atoms with Gasteiger partial charge in [-0.1, -0.05) is 36.0 Å². The molecule has 23 heavy (non-hydrogen) atoms. The molecule has 0 radical (unpaired) electrons. The van der Waals surface area contributed by atoms with Gasteiger partial charge in [-0.3, -0.25) is 0 Å². The minimum absolute atomic E-state index is 0.580. The van der Waals surface area contributed by atoms with Crippen LogP contribution in [0.4, 0.5) is 5.69 Å². The average Bonchev–Trinajstić information content (AvgIpc) is 3.18. The third-order valence-electron chi connectivity index (χ3n) is 4.55. The van der Waals surface area contributed by atoms with Crippen molar-refractivity contribution in [3.05, 3.63) is 59.1 Å². The fraction of sp³-hybridized carbons (Fsp3) is 0.222. The van der Waals surface area contributed by atoms with Gasteiger partial charge in [-0.2, -0.15) is 0 Å². The molecule has 0 saturated carbocycles. The summed E-state index contributed by atoms with van der Waals surface area (Å²) in [5.74, 6) is 1.13. The molecule has 2 aliphatic rings. The van der Waals surface area contributed by atoms with Gasteiger partial charge in [-0.25, -0.2) is 9.98 Å². The smallest absolute Gasteiger partial charge is 0.165 e. The number of hydrogen-bond donors (Lipinski definition) is 0. The normalized spacial score (nSPS) is 21.7. The molecular formula is C18H15N3S2. The zero-order chi connectivity index (χ0) is 15.2. The Hall–Kier alpha value is -1.85. The van der Waals surface area contributed by atoms with Gasteiger partial charge in [0.25, 0.3) is 0 Å². The van der Waals surface area contributed by atoms with Crippen molar-refractivity contribution in [3.8, 4) is 0 Å². The molecule has 1 atom stereocenters. The topological polar surface area (TPSA) is 28.5 Å². The Balaban J connectivity index is 1.53. The largest absolute Gasteiger partial charge is 0.343 e. The number of aromatic nitrogens is 1. The zero-order valence-electron chi connectivity index (χ0n) is 12.5. The first-order valence-electron chi connectivity index (χ1n) is 7.75. The van der Waals surface area contributed by atoms with Crippen molar-refractivity contribution in [1.82, 2.24) is 9.88 Å². The molecule has 2 aliphatic heterocycles. The molecule has 1 saturated heterocycles. The molecule has 5 heteroatoms. The van der Waals surface area contributed by atoms with E-state index in [2.05, 4.69) is 45.6 Å². The third-order valence-corrected chi connectivity index (χ3v) is 6.58. The van der Waals surface area contributed by atoms with E-state index in [0.717, 1.165) is 39.8 Å². The number of rotatable bonds is 1. The number of nitrogens with zero attached hydrogens (tertiary/aromatic N) is 3. The average molecular weight is 337 g/mol. The molecule has 0 N–H and O–H groups in total. The zero-order valence-corrected chi connectivity index (χ0v) is 14.1. The molecule has 0 amide bonds. The second-order valence-corrected chi connectivity index (χ2v) is 7.78. The lowest BCUT2D eigenvalue weighted by Gasteiger charge is -2.32. The van der Waals surface area contributed by atoms with E-state index in [1.165, 1.54) is 11.1 Å². The molecule has 0 spiro atoms. The molecule has 2 aromatic heterocycles. The van der Waals surface area contributed by atoms with Crippen LogP contribution in [0.25, 0.3) is 10.2 Å². The van der Waals surface area contributed by atoms with Crippen LogP contribution in [0.15, 0.2) is 53.0 Å². The second kappa shape index (κ2) is 5.35. The van der Waals surface area contributed by atoms with Crippen molar-refractivity contribution in [2.24, 2.45) is 4.99 Å². The Bertz CT molecular complexity index is 915. The van der Waals surface area contributed by atoms with E-state index in [1.54, 1.807) is 11.3 Å². The summed E-state index contributed by atoms with van der Waals surface area (Å²) in [5.41, 5.74) is 4.00. The second-order valence-electron chi connectivity index (χ2n) is 5.94. The minimum Gasteiger partial charge on any atom is -0.343 e. The Labute approximate surface area is 143 Å².